The number of benzene rings is 1. The molecule has 1 aromatic carbocycles. The fraction of sp³-hybridized carbons (Fsp3) is 0.333. The second-order valence-corrected chi connectivity index (χ2v) is 6.04. The minimum absolute atomic E-state index is 0.116. The Kier molecular flexibility index (Phi) is 4.17. The van der Waals surface area contributed by atoms with Crippen molar-refractivity contribution < 1.29 is 19.4 Å². The lowest BCUT2D eigenvalue weighted by Crippen LogP contribution is -2.49. The van der Waals surface area contributed by atoms with Gasteiger partial charge in [-0.05, 0) is 12.1 Å². The van der Waals surface area contributed by atoms with Crippen LogP contribution in [0.25, 0.3) is 10.9 Å². The zero-order valence-corrected chi connectivity index (χ0v) is 13.3. The summed E-state index contributed by atoms with van der Waals surface area (Å²) in [5.41, 5.74) is 1.40. The molecule has 1 unspecified atom stereocenters. The predicted octanol–water partition coefficient (Wildman–Crippen LogP) is 2.25. The number of aromatic amines is 1. The first kappa shape index (κ1) is 15.1. The van der Waals surface area contributed by atoms with E-state index in [9.17, 15) is 9.59 Å². The van der Waals surface area contributed by atoms with Crippen LogP contribution < -0.4 is 0 Å². The van der Waals surface area contributed by atoms with Crippen molar-refractivity contribution in [3.63, 3.8) is 0 Å². The van der Waals surface area contributed by atoms with Crippen LogP contribution in [0.3, 0.4) is 0 Å². The molecule has 116 valence electrons. The van der Waals surface area contributed by atoms with Crippen molar-refractivity contribution in [2.75, 3.05) is 19.8 Å². The molecule has 0 radical (unpaired) electrons. The summed E-state index contributed by atoms with van der Waals surface area (Å²) in [6, 6.07) is 5.22. The summed E-state index contributed by atoms with van der Waals surface area (Å²) in [4.78, 5) is 28.5. The van der Waals surface area contributed by atoms with E-state index in [1.165, 1.54) is 0 Å². The van der Waals surface area contributed by atoms with Gasteiger partial charge in [0.05, 0.1) is 31.2 Å². The number of carboxylic acid groups (broad SMARTS) is 1. The summed E-state index contributed by atoms with van der Waals surface area (Å²) >= 11 is 3.47. The van der Waals surface area contributed by atoms with Crippen molar-refractivity contribution in [1.29, 1.82) is 0 Å². The Hall–Kier alpha value is -1.86. The van der Waals surface area contributed by atoms with Crippen molar-refractivity contribution in [3.8, 4) is 0 Å². The van der Waals surface area contributed by atoms with Gasteiger partial charge in [-0.2, -0.15) is 0 Å². The zero-order valence-electron chi connectivity index (χ0n) is 11.7. The van der Waals surface area contributed by atoms with Gasteiger partial charge < -0.3 is 19.7 Å². The highest BCUT2D eigenvalue weighted by molar-refractivity contribution is 9.10. The molecule has 1 saturated heterocycles. The van der Waals surface area contributed by atoms with E-state index in [0.717, 1.165) is 15.4 Å². The number of rotatable bonds is 3. The van der Waals surface area contributed by atoms with Gasteiger partial charge in [0.2, 0.25) is 0 Å². The monoisotopic (exact) mass is 366 g/mol. The highest BCUT2D eigenvalue weighted by atomic mass is 79.9. The van der Waals surface area contributed by atoms with Crippen LogP contribution in [0.1, 0.15) is 16.8 Å². The Morgan fingerprint density at radius 3 is 3.05 bits per heavy atom. The van der Waals surface area contributed by atoms with Crippen LogP contribution in [0.2, 0.25) is 0 Å². The highest BCUT2D eigenvalue weighted by Crippen LogP contribution is 2.28. The Labute approximate surface area is 135 Å². The van der Waals surface area contributed by atoms with E-state index < -0.39 is 12.0 Å². The third kappa shape index (κ3) is 2.74. The number of halogens is 1. The topological polar surface area (TPSA) is 82.6 Å². The van der Waals surface area contributed by atoms with Crippen LogP contribution in [0.15, 0.2) is 28.9 Å². The van der Waals surface area contributed by atoms with E-state index in [-0.39, 0.29) is 18.9 Å². The lowest BCUT2D eigenvalue weighted by molar-refractivity contribution is -0.139. The molecule has 1 amide bonds. The summed E-state index contributed by atoms with van der Waals surface area (Å²) in [5, 5.41) is 9.82. The minimum Gasteiger partial charge on any atom is -0.481 e. The lowest BCUT2D eigenvalue weighted by atomic mass is 10.1. The van der Waals surface area contributed by atoms with E-state index in [0.29, 0.717) is 18.7 Å². The molecule has 1 atom stereocenters. The molecule has 1 fully saturated rings. The van der Waals surface area contributed by atoms with Gasteiger partial charge in [-0.3, -0.25) is 9.59 Å². The number of nitrogens with one attached hydrogen (secondary N) is 1. The molecular weight excluding hydrogens is 352 g/mol. The van der Waals surface area contributed by atoms with Gasteiger partial charge in [0.15, 0.2) is 0 Å². The molecule has 0 bridgehead atoms. The average Bonchev–Trinajstić information content (AvgIpc) is 2.92. The van der Waals surface area contributed by atoms with Gasteiger partial charge in [-0.1, -0.05) is 22.0 Å². The first-order valence-electron chi connectivity index (χ1n) is 6.94. The van der Waals surface area contributed by atoms with Crippen LogP contribution in [-0.2, 0) is 9.53 Å². The molecular formula is C15H15BrN2O4. The Balaban J connectivity index is 1.95. The average molecular weight is 367 g/mol. The van der Waals surface area contributed by atoms with Gasteiger partial charge >= 0.3 is 5.97 Å². The smallest absolute Gasteiger partial charge is 0.305 e. The number of amides is 1. The standard InChI is InChI=1S/C15H15BrN2O4/c16-11-2-1-3-12-14(11)10(7-17-12)15(21)18-4-5-22-8-9(18)6-13(19)20/h1-3,7,9,17H,4-6,8H2,(H,19,20). The van der Waals surface area contributed by atoms with E-state index in [1.807, 2.05) is 18.2 Å². The summed E-state index contributed by atoms with van der Waals surface area (Å²) in [7, 11) is 0. The van der Waals surface area contributed by atoms with Crippen LogP contribution in [0.5, 0.6) is 0 Å². The fourth-order valence-electron chi connectivity index (χ4n) is 2.76. The number of carbonyl (C=O) groups is 2. The van der Waals surface area contributed by atoms with E-state index in [1.54, 1.807) is 11.1 Å². The van der Waals surface area contributed by atoms with Gasteiger partial charge in [0.1, 0.15) is 0 Å². The summed E-state index contributed by atoms with van der Waals surface area (Å²) in [6.07, 6.45) is 1.56. The molecule has 22 heavy (non-hydrogen) atoms. The molecule has 7 heteroatoms. The van der Waals surface area contributed by atoms with Crippen molar-refractivity contribution in [2.45, 2.75) is 12.5 Å². The number of hydrogen-bond acceptors (Lipinski definition) is 3. The molecule has 6 nitrogen and oxygen atoms in total. The number of aromatic nitrogens is 1. The van der Waals surface area contributed by atoms with Crippen LogP contribution in [0, 0.1) is 0 Å². The van der Waals surface area contributed by atoms with Gasteiger partial charge in [0, 0.05) is 28.1 Å². The minimum atomic E-state index is -0.937. The van der Waals surface area contributed by atoms with E-state index >= 15 is 0 Å². The molecule has 2 N–H and O–H groups in total. The zero-order chi connectivity index (χ0) is 15.7. The number of aliphatic carboxylic acids is 1. The van der Waals surface area contributed by atoms with Crippen molar-refractivity contribution in [3.05, 3.63) is 34.4 Å². The van der Waals surface area contributed by atoms with Crippen molar-refractivity contribution >= 4 is 38.7 Å². The fourth-order valence-corrected chi connectivity index (χ4v) is 3.34. The highest BCUT2D eigenvalue weighted by Gasteiger charge is 2.31. The third-order valence-corrected chi connectivity index (χ3v) is 4.44. The second-order valence-electron chi connectivity index (χ2n) is 5.19. The van der Waals surface area contributed by atoms with Crippen molar-refractivity contribution in [2.24, 2.45) is 0 Å². The predicted molar refractivity (Wildman–Crippen MR) is 83.9 cm³/mol. The molecule has 1 aromatic heterocycles. The maximum Gasteiger partial charge on any atom is 0.305 e. The Morgan fingerprint density at radius 2 is 2.27 bits per heavy atom. The molecule has 1 aliphatic heterocycles. The molecule has 0 aliphatic carbocycles. The van der Waals surface area contributed by atoms with Crippen LogP contribution in [0.4, 0.5) is 0 Å². The number of hydrogen-bond donors (Lipinski definition) is 2. The Morgan fingerprint density at radius 1 is 1.45 bits per heavy atom. The number of carbonyl (C=O) groups excluding carboxylic acids is 1. The molecule has 2 heterocycles. The summed E-state index contributed by atoms with van der Waals surface area (Å²) in [6.45, 7) is 1.07. The molecule has 0 saturated carbocycles. The maximum absolute atomic E-state index is 12.9. The molecule has 1 aliphatic rings. The number of H-pyrrole nitrogens is 1. The number of ether oxygens (including phenoxy) is 1. The summed E-state index contributed by atoms with van der Waals surface area (Å²) < 4.78 is 6.15. The maximum atomic E-state index is 12.9. The lowest BCUT2D eigenvalue weighted by Gasteiger charge is -2.34. The van der Waals surface area contributed by atoms with Crippen LogP contribution in [-0.4, -0.2) is 52.7 Å². The quantitative estimate of drug-likeness (QED) is 0.872. The van der Waals surface area contributed by atoms with Gasteiger partial charge in [-0.25, -0.2) is 0 Å². The molecule has 0 spiro atoms. The second kappa shape index (κ2) is 6.10. The molecule has 3 rings (SSSR count). The first-order valence-corrected chi connectivity index (χ1v) is 7.73. The van der Waals surface area contributed by atoms with Crippen molar-refractivity contribution in [1.82, 2.24) is 9.88 Å². The van der Waals surface area contributed by atoms with Crippen LogP contribution >= 0.6 is 15.9 Å². The normalized spacial score (nSPS) is 18.6. The largest absolute Gasteiger partial charge is 0.481 e. The third-order valence-electron chi connectivity index (χ3n) is 3.78. The SMILES string of the molecule is O=C(O)CC1COCCN1C(=O)c1c[nH]c2cccc(Br)c12. The first-order chi connectivity index (χ1) is 10.6. The number of fused-ring (bicyclic) bond motifs is 1. The number of carboxylic acids is 1. The van der Waals surface area contributed by atoms with Gasteiger partial charge in [-0.15, -0.1) is 0 Å². The van der Waals surface area contributed by atoms with E-state index in [4.69, 9.17) is 9.84 Å². The van der Waals surface area contributed by atoms with Gasteiger partial charge in [0.25, 0.3) is 5.91 Å². The number of morpholine rings is 1. The number of nitrogens with zero attached hydrogens (tertiary/aromatic N) is 1. The molecule has 2 aromatic rings. The Bertz CT molecular complexity index is 727. The van der Waals surface area contributed by atoms with E-state index in [2.05, 4.69) is 20.9 Å². The summed E-state index contributed by atoms with van der Waals surface area (Å²) in [5.74, 6) is -1.11.